The Morgan fingerprint density at radius 2 is 1.76 bits per heavy atom. The van der Waals surface area contributed by atoms with Crippen molar-refractivity contribution in [3.8, 4) is 5.75 Å². The van der Waals surface area contributed by atoms with Crippen molar-refractivity contribution in [2.24, 2.45) is 17.8 Å². The van der Waals surface area contributed by atoms with Crippen LogP contribution in [0.4, 0.5) is 0 Å². The fourth-order valence-corrected chi connectivity index (χ4v) is 8.21. The SMILES string of the molecule is CCCC1=C([C@H](O)CC/C(=C/c2ccc(O)cc2Cl)CCC)[C@H](CO)[C@@H]2C(=O)N(C3CCN(Cc4ccccc4)CC3)C(=O)[C@@H]2C1. The molecule has 1 aliphatic carbocycles. The minimum atomic E-state index is -0.826. The van der Waals surface area contributed by atoms with Gasteiger partial charge in [-0.1, -0.05) is 85.8 Å². The molecule has 4 atom stereocenters. The molecule has 0 saturated carbocycles. The summed E-state index contributed by atoms with van der Waals surface area (Å²) in [6, 6.07) is 15.1. The zero-order valence-corrected chi connectivity index (χ0v) is 28.0. The van der Waals surface area contributed by atoms with Crippen LogP contribution in [0.15, 0.2) is 65.3 Å². The number of hydrogen-bond acceptors (Lipinski definition) is 6. The number of benzene rings is 2. The molecule has 46 heavy (non-hydrogen) atoms. The highest BCUT2D eigenvalue weighted by Crippen LogP contribution is 2.48. The zero-order chi connectivity index (χ0) is 32.8. The number of piperidine rings is 1. The van der Waals surface area contributed by atoms with Gasteiger partial charge in [0.15, 0.2) is 0 Å². The van der Waals surface area contributed by atoms with Crippen LogP contribution in [0.3, 0.4) is 0 Å². The topological polar surface area (TPSA) is 101 Å². The van der Waals surface area contributed by atoms with Gasteiger partial charge in [-0.25, -0.2) is 0 Å². The second-order valence-electron chi connectivity index (χ2n) is 13.3. The Labute approximate surface area is 278 Å². The molecule has 3 aliphatic rings. The minimum absolute atomic E-state index is 0.101. The highest BCUT2D eigenvalue weighted by molar-refractivity contribution is 6.32. The molecule has 2 aromatic rings. The van der Waals surface area contributed by atoms with Crippen LogP contribution in [0.2, 0.25) is 5.02 Å². The van der Waals surface area contributed by atoms with E-state index >= 15 is 0 Å². The van der Waals surface area contributed by atoms with Crippen LogP contribution in [0.1, 0.15) is 82.8 Å². The summed E-state index contributed by atoms with van der Waals surface area (Å²) in [7, 11) is 0. The molecule has 3 N–H and O–H groups in total. The number of likely N-dealkylation sites (tertiary alicyclic amines) is 2. The third kappa shape index (κ3) is 7.60. The van der Waals surface area contributed by atoms with E-state index in [1.165, 1.54) is 11.6 Å². The van der Waals surface area contributed by atoms with Gasteiger partial charge in [0.1, 0.15) is 5.75 Å². The van der Waals surface area contributed by atoms with Gasteiger partial charge in [0.25, 0.3) is 0 Å². The van der Waals surface area contributed by atoms with Gasteiger partial charge in [0, 0.05) is 31.6 Å². The van der Waals surface area contributed by atoms with E-state index in [9.17, 15) is 24.9 Å². The molecule has 5 rings (SSSR count). The molecule has 7 nitrogen and oxygen atoms in total. The first-order valence-corrected chi connectivity index (χ1v) is 17.4. The molecule has 0 bridgehead atoms. The van der Waals surface area contributed by atoms with Crippen molar-refractivity contribution in [1.29, 1.82) is 0 Å². The summed E-state index contributed by atoms with van der Waals surface area (Å²) in [4.78, 5) is 31.9. The number of carbonyl (C=O) groups is 2. The van der Waals surface area contributed by atoms with E-state index in [0.717, 1.165) is 80.4 Å². The van der Waals surface area contributed by atoms with Crippen LogP contribution in [-0.4, -0.2) is 68.8 Å². The molecule has 2 amide bonds. The predicted molar refractivity (Wildman–Crippen MR) is 182 cm³/mol. The highest BCUT2D eigenvalue weighted by atomic mass is 35.5. The Morgan fingerprint density at radius 3 is 2.41 bits per heavy atom. The smallest absolute Gasteiger partial charge is 0.234 e. The second-order valence-corrected chi connectivity index (χ2v) is 13.7. The summed E-state index contributed by atoms with van der Waals surface area (Å²) < 4.78 is 0. The lowest BCUT2D eigenvalue weighted by molar-refractivity contribution is -0.144. The largest absolute Gasteiger partial charge is 0.508 e. The van der Waals surface area contributed by atoms with Gasteiger partial charge in [0.2, 0.25) is 11.8 Å². The van der Waals surface area contributed by atoms with Gasteiger partial charge in [-0.2, -0.15) is 0 Å². The van der Waals surface area contributed by atoms with Crippen molar-refractivity contribution in [3.05, 3.63) is 81.4 Å². The van der Waals surface area contributed by atoms with Gasteiger partial charge >= 0.3 is 0 Å². The Kier molecular flexibility index (Phi) is 11.8. The molecule has 2 aliphatic heterocycles. The number of amides is 2. The number of halogens is 1. The number of phenolic OH excluding ortho intramolecular Hbond substituents is 1. The Morgan fingerprint density at radius 1 is 1.02 bits per heavy atom. The molecule has 2 heterocycles. The number of aliphatic hydroxyl groups excluding tert-OH is 2. The molecular weight excluding hydrogens is 600 g/mol. The Bertz CT molecular complexity index is 1430. The van der Waals surface area contributed by atoms with Gasteiger partial charge in [0.05, 0.1) is 29.6 Å². The van der Waals surface area contributed by atoms with Crippen molar-refractivity contribution >= 4 is 29.5 Å². The second kappa shape index (κ2) is 15.7. The van der Waals surface area contributed by atoms with E-state index in [2.05, 4.69) is 30.9 Å². The molecular formula is C38H49ClN2O5. The van der Waals surface area contributed by atoms with Crippen LogP contribution in [-0.2, 0) is 16.1 Å². The van der Waals surface area contributed by atoms with Crippen molar-refractivity contribution in [2.75, 3.05) is 19.7 Å². The lowest BCUT2D eigenvalue weighted by atomic mass is 9.67. The van der Waals surface area contributed by atoms with E-state index in [1.54, 1.807) is 17.0 Å². The van der Waals surface area contributed by atoms with E-state index in [0.29, 0.717) is 24.3 Å². The molecule has 8 heteroatoms. The van der Waals surface area contributed by atoms with Crippen LogP contribution < -0.4 is 0 Å². The van der Waals surface area contributed by atoms with E-state index in [4.69, 9.17) is 11.6 Å². The summed E-state index contributed by atoms with van der Waals surface area (Å²) in [5.41, 5.74) is 5.01. The van der Waals surface area contributed by atoms with Crippen LogP contribution in [0.5, 0.6) is 5.75 Å². The predicted octanol–water partition coefficient (Wildman–Crippen LogP) is 6.74. The number of nitrogens with zero attached hydrogens (tertiary/aromatic N) is 2. The maximum absolute atomic E-state index is 14.1. The molecule has 248 valence electrons. The number of rotatable bonds is 13. The molecule has 2 aromatic carbocycles. The maximum atomic E-state index is 14.1. The third-order valence-electron chi connectivity index (χ3n) is 10.2. The van der Waals surface area contributed by atoms with E-state index in [1.807, 2.05) is 24.3 Å². The molecule has 0 spiro atoms. The number of aromatic hydroxyl groups is 1. The number of imide groups is 1. The molecule has 0 radical (unpaired) electrons. The maximum Gasteiger partial charge on any atom is 0.234 e. The number of phenols is 1. The number of hydrogen-bond donors (Lipinski definition) is 3. The number of carbonyl (C=O) groups excluding carboxylic acids is 2. The lowest BCUT2D eigenvalue weighted by Gasteiger charge is -2.37. The first-order chi connectivity index (χ1) is 22.2. The van der Waals surface area contributed by atoms with E-state index in [-0.39, 0.29) is 30.2 Å². The quantitative estimate of drug-likeness (QED) is 0.164. The number of aliphatic hydroxyl groups is 2. The summed E-state index contributed by atoms with van der Waals surface area (Å²) >= 11 is 6.38. The van der Waals surface area contributed by atoms with Crippen molar-refractivity contribution in [3.63, 3.8) is 0 Å². The Balaban J connectivity index is 1.30. The minimum Gasteiger partial charge on any atom is -0.508 e. The molecule has 2 saturated heterocycles. The van der Waals surface area contributed by atoms with Crippen LogP contribution in [0.25, 0.3) is 6.08 Å². The normalized spacial score (nSPS) is 23.7. The summed E-state index contributed by atoms with van der Waals surface area (Å²) in [5, 5.41) is 32.7. The summed E-state index contributed by atoms with van der Waals surface area (Å²) in [6.45, 7) is 6.41. The lowest BCUT2D eigenvalue weighted by Crippen LogP contribution is -2.47. The molecule has 0 aromatic heterocycles. The van der Waals surface area contributed by atoms with Crippen molar-refractivity contribution < 1.29 is 24.9 Å². The van der Waals surface area contributed by atoms with Gasteiger partial charge < -0.3 is 15.3 Å². The molecule has 2 fully saturated rings. The summed E-state index contributed by atoms with van der Waals surface area (Å²) in [5.74, 6) is -1.84. The van der Waals surface area contributed by atoms with Crippen LogP contribution >= 0.6 is 11.6 Å². The zero-order valence-electron chi connectivity index (χ0n) is 27.2. The van der Waals surface area contributed by atoms with Crippen LogP contribution in [0, 0.1) is 17.8 Å². The van der Waals surface area contributed by atoms with Gasteiger partial charge in [-0.05, 0) is 79.8 Å². The first kappa shape index (κ1) is 34.4. The number of allylic oxidation sites excluding steroid dienone is 2. The van der Waals surface area contributed by atoms with Gasteiger partial charge in [-0.3, -0.25) is 19.4 Å². The Hall–Kier alpha value is -2.97. The monoisotopic (exact) mass is 648 g/mol. The summed E-state index contributed by atoms with van der Waals surface area (Å²) in [6.07, 6.45) is 7.59. The average molecular weight is 649 g/mol. The average Bonchev–Trinajstić information content (AvgIpc) is 3.30. The highest BCUT2D eigenvalue weighted by Gasteiger charge is 2.56. The van der Waals surface area contributed by atoms with E-state index < -0.39 is 23.9 Å². The molecule has 0 unspecified atom stereocenters. The van der Waals surface area contributed by atoms with Crippen molar-refractivity contribution in [2.45, 2.75) is 90.3 Å². The van der Waals surface area contributed by atoms with Crippen molar-refractivity contribution in [1.82, 2.24) is 9.80 Å². The number of fused-ring (bicyclic) bond motifs is 1. The standard InChI is InChI=1S/C38H49ClN2O5/c1-3-8-25(20-27-13-14-30(43)22-33(27)39)12-15-34(44)35-28(9-4-2)21-31-36(32(35)24-42)38(46)41(37(31)45)29-16-18-40(19-17-29)23-26-10-6-5-7-11-26/h5-7,10-11,13-14,20,22,29,31-32,34,36,42-44H,3-4,8-9,12,15-19,21,23-24H2,1-2H3/b25-20+/t31-,32+,34-,36-/m1/s1. The fourth-order valence-electron chi connectivity index (χ4n) is 7.98. The first-order valence-electron chi connectivity index (χ1n) is 17.1. The fraction of sp³-hybridized carbons (Fsp3) is 0.526. The third-order valence-corrected chi connectivity index (χ3v) is 10.5. The van der Waals surface area contributed by atoms with Gasteiger partial charge in [-0.15, -0.1) is 0 Å².